The van der Waals surface area contributed by atoms with Crippen LogP contribution in [0.2, 0.25) is 0 Å². The molecule has 0 spiro atoms. The summed E-state index contributed by atoms with van der Waals surface area (Å²) in [6.45, 7) is 6.06. The van der Waals surface area contributed by atoms with Gasteiger partial charge in [-0.1, -0.05) is 79.8 Å². The molecule has 5 rings (SSSR count). The van der Waals surface area contributed by atoms with E-state index in [0.717, 1.165) is 20.3 Å². The maximum Gasteiger partial charge on any atom is 0.338 e. The molecular formula is C34H30IN3O5S. The van der Waals surface area contributed by atoms with E-state index in [9.17, 15) is 9.59 Å². The first-order valence-corrected chi connectivity index (χ1v) is 15.9. The number of ether oxygens (including phenoxy) is 3. The molecular weight excluding hydrogens is 689 g/mol. The summed E-state index contributed by atoms with van der Waals surface area (Å²) in [5, 5.41) is 8.96. The number of methoxy groups -OCH3 is 1. The fourth-order valence-electron chi connectivity index (χ4n) is 5.04. The van der Waals surface area contributed by atoms with E-state index in [1.165, 1.54) is 18.4 Å². The van der Waals surface area contributed by atoms with Gasteiger partial charge in [-0.15, -0.1) is 0 Å². The summed E-state index contributed by atoms with van der Waals surface area (Å²) in [5.74, 6) is 0.715. The van der Waals surface area contributed by atoms with Crippen LogP contribution in [0.5, 0.6) is 11.5 Å². The van der Waals surface area contributed by atoms with E-state index in [0.29, 0.717) is 43.6 Å². The van der Waals surface area contributed by atoms with Gasteiger partial charge in [-0.2, -0.15) is 5.26 Å². The molecule has 0 saturated carbocycles. The number of esters is 1. The summed E-state index contributed by atoms with van der Waals surface area (Å²) < 4.78 is 19.4. The average Bonchev–Trinajstić information content (AvgIpc) is 3.34. The summed E-state index contributed by atoms with van der Waals surface area (Å²) in [7, 11) is 1.52. The van der Waals surface area contributed by atoms with Crippen molar-refractivity contribution in [3.05, 3.63) is 118 Å². The third-order valence-electron chi connectivity index (χ3n) is 7.12. The van der Waals surface area contributed by atoms with Crippen molar-refractivity contribution < 1.29 is 19.0 Å². The van der Waals surface area contributed by atoms with Crippen molar-refractivity contribution in [1.82, 2.24) is 4.57 Å². The standard InChI is InChI=1S/C34H30IN3O5S/c1-5-42-33(40)28-29(23-9-7-6-8-10-23)37-34-38(30(28)24-13-11-22(12-14-24)20(2)3)32(39)27(44-34)19-21-17-25(35)31(43-16-15-36)26(18-21)41-4/h6-14,17-20,30H,5,16H2,1-4H3/b27-19-/t30-/m0/s1. The van der Waals surface area contributed by atoms with Gasteiger partial charge < -0.3 is 14.2 Å². The molecule has 1 aliphatic rings. The van der Waals surface area contributed by atoms with Gasteiger partial charge in [-0.25, -0.2) is 9.79 Å². The van der Waals surface area contributed by atoms with Gasteiger partial charge in [0.25, 0.3) is 5.56 Å². The van der Waals surface area contributed by atoms with Crippen molar-refractivity contribution in [2.75, 3.05) is 20.3 Å². The largest absolute Gasteiger partial charge is 0.493 e. The number of nitrogens with zero attached hydrogens (tertiary/aromatic N) is 3. The number of aromatic nitrogens is 1. The van der Waals surface area contributed by atoms with Crippen molar-refractivity contribution >= 4 is 51.7 Å². The van der Waals surface area contributed by atoms with Crippen LogP contribution in [0.25, 0.3) is 11.8 Å². The van der Waals surface area contributed by atoms with Crippen molar-refractivity contribution in [1.29, 1.82) is 5.26 Å². The van der Waals surface area contributed by atoms with Crippen molar-refractivity contribution in [3.8, 4) is 17.6 Å². The number of halogens is 1. The molecule has 10 heteroatoms. The average molecular weight is 720 g/mol. The van der Waals surface area contributed by atoms with E-state index in [1.54, 1.807) is 23.6 Å². The first kappa shape index (κ1) is 31.2. The molecule has 0 N–H and O–H groups in total. The van der Waals surface area contributed by atoms with Crippen LogP contribution in [0.4, 0.5) is 0 Å². The van der Waals surface area contributed by atoms with Gasteiger partial charge in [-0.05, 0) is 70.3 Å². The van der Waals surface area contributed by atoms with Crippen LogP contribution in [-0.4, -0.2) is 30.9 Å². The Morgan fingerprint density at radius 1 is 1.16 bits per heavy atom. The van der Waals surface area contributed by atoms with Crippen LogP contribution in [0.3, 0.4) is 0 Å². The number of fused-ring (bicyclic) bond motifs is 1. The van der Waals surface area contributed by atoms with E-state index in [4.69, 9.17) is 24.5 Å². The maximum atomic E-state index is 14.2. The van der Waals surface area contributed by atoms with Crippen LogP contribution in [0.1, 0.15) is 55.0 Å². The summed E-state index contributed by atoms with van der Waals surface area (Å²) in [4.78, 5) is 33.3. The molecule has 0 radical (unpaired) electrons. The third kappa shape index (κ3) is 6.21. The second-order valence-corrected chi connectivity index (χ2v) is 12.4. The fourth-order valence-corrected chi connectivity index (χ4v) is 6.82. The Kier molecular flexibility index (Phi) is 9.66. The van der Waals surface area contributed by atoms with Gasteiger partial charge in [0.05, 0.1) is 39.1 Å². The number of carbonyl (C=O) groups excluding carboxylic acids is 1. The van der Waals surface area contributed by atoms with Crippen molar-refractivity contribution in [3.63, 3.8) is 0 Å². The fraction of sp³-hybridized carbons (Fsp3) is 0.235. The van der Waals surface area contributed by atoms with Crippen LogP contribution in [0, 0.1) is 14.9 Å². The number of nitriles is 1. The first-order valence-electron chi connectivity index (χ1n) is 14.0. The zero-order chi connectivity index (χ0) is 31.4. The van der Waals surface area contributed by atoms with Gasteiger partial charge in [0.1, 0.15) is 6.07 Å². The summed E-state index contributed by atoms with van der Waals surface area (Å²) in [6, 6.07) is 22.3. The molecule has 224 valence electrons. The highest BCUT2D eigenvalue weighted by Crippen LogP contribution is 2.36. The molecule has 1 atom stereocenters. The Morgan fingerprint density at radius 2 is 1.89 bits per heavy atom. The Bertz CT molecular complexity index is 1960. The van der Waals surface area contributed by atoms with Gasteiger partial charge >= 0.3 is 5.97 Å². The van der Waals surface area contributed by atoms with Crippen molar-refractivity contribution in [2.45, 2.75) is 32.7 Å². The molecule has 4 aromatic rings. The second kappa shape index (κ2) is 13.6. The smallest absolute Gasteiger partial charge is 0.338 e. The van der Waals surface area contributed by atoms with Gasteiger partial charge in [0, 0.05) is 5.56 Å². The normalized spacial score (nSPS) is 14.6. The molecule has 44 heavy (non-hydrogen) atoms. The molecule has 0 unspecified atom stereocenters. The van der Waals surface area contributed by atoms with E-state index < -0.39 is 12.0 Å². The van der Waals surface area contributed by atoms with Gasteiger partial charge in [0.2, 0.25) is 0 Å². The predicted octanol–water partition coefficient (Wildman–Crippen LogP) is 5.57. The number of benzene rings is 3. The summed E-state index contributed by atoms with van der Waals surface area (Å²) in [5.41, 5.74) is 3.91. The molecule has 2 heterocycles. The van der Waals surface area contributed by atoms with Crippen LogP contribution < -0.4 is 24.4 Å². The lowest BCUT2D eigenvalue weighted by Gasteiger charge is -2.26. The highest BCUT2D eigenvalue weighted by Gasteiger charge is 2.35. The molecule has 0 bridgehead atoms. The lowest BCUT2D eigenvalue weighted by molar-refractivity contribution is -0.138. The minimum atomic E-state index is -0.750. The first-order chi connectivity index (χ1) is 21.3. The molecule has 0 saturated heterocycles. The Morgan fingerprint density at radius 3 is 2.52 bits per heavy atom. The summed E-state index contributed by atoms with van der Waals surface area (Å²) in [6.07, 6.45) is 1.78. The molecule has 3 aromatic carbocycles. The van der Waals surface area contributed by atoms with E-state index in [-0.39, 0.29) is 18.8 Å². The summed E-state index contributed by atoms with van der Waals surface area (Å²) >= 11 is 3.37. The predicted molar refractivity (Wildman–Crippen MR) is 178 cm³/mol. The number of rotatable bonds is 9. The van der Waals surface area contributed by atoms with Crippen LogP contribution >= 0.6 is 33.9 Å². The van der Waals surface area contributed by atoms with E-state index in [1.807, 2.05) is 66.7 Å². The molecule has 1 aromatic heterocycles. The zero-order valence-electron chi connectivity index (χ0n) is 24.7. The molecule has 0 fully saturated rings. The Balaban J connectivity index is 1.77. The number of hydrogen-bond acceptors (Lipinski definition) is 8. The quantitative estimate of drug-likeness (QED) is 0.166. The third-order valence-corrected chi connectivity index (χ3v) is 8.91. The van der Waals surface area contributed by atoms with E-state index in [2.05, 4.69) is 36.4 Å². The minimum absolute atomic E-state index is 0.116. The molecule has 0 aliphatic carbocycles. The van der Waals surface area contributed by atoms with Gasteiger partial charge in [0.15, 0.2) is 22.9 Å². The molecule has 0 amide bonds. The maximum absolute atomic E-state index is 14.2. The lowest BCUT2D eigenvalue weighted by atomic mass is 9.91. The Hall–Kier alpha value is -4.21. The second-order valence-electron chi connectivity index (χ2n) is 10.2. The number of carbonyl (C=O) groups is 1. The number of hydrogen-bond donors (Lipinski definition) is 0. The minimum Gasteiger partial charge on any atom is -0.493 e. The Labute approximate surface area is 272 Å². The lowest BCUT2D eigenvalue weighted by Crippen LogP contribution is -2.40. The zero-order valence-corrected chi connectivity index (χ0v) is 27.6. The van der Waals surface area contributed by atoms with E-state index >= 15 is 0 Å². The van der Waals surface area contributed by atoms with Gasteiger partial charge in [-0.3, -0.25) is 9.36 Å². The van der Waals surface area contributed by atoms with Crippen LogP contribution in [0.15, 0.2) is 82.1 Å². The highest BCUT2D eigenvalue weighted by atomic mass is 127. The molecule has 8 nitrogen and oxygen atoms in total. The number of thiazole rings is 1. The molecule has 1 aliphatic heterocycles. The monoisotopic (exact) mass is 719 g/mol. The highest BCUT2D eigenvalue weighted by molar-refractivity contribution is 14.1. The topological polar surface area (TPSA) is 103 Å². The van der Waals surface area contributed by atoms with Crippen LogP contribution in [-0.2, 0) is 9.53 Å². The SMILES string of the molecule is CCOC(=O)C1=C(c2ccccc2)N=c2s/c(=C\c3cc(I)c(OCC#N)c(OC)c3)c(=O)n2[C@H]1c1ccc(C(C)C)cc1. The van der Waals surface area contributed by atoms with Crippen molar-refractivity contribution in [2.24, 2.45) is 4.99 Å².